The molecule has 0 bridgehead atoms. The highest BCUT2D eigenvalue weighted by Gasteiger charge is 2.17. The number of carboxylic acid groups (broad SMARTS) is 1. The molecule has 1 aliphatic heterocycles. The van der Waals surface area contributed by atoms with Gasteiger partial charge in [0.05, 0.1) is 10.6 Å². The molecule has 5 heteroatoms. The molecule has 4 nitrogen and oxygen atoms in total. The van der Waals surface area contributed by atoms with Gasteiger partial charge in [-0.1, -0.05) is 35.9 Å². The normalized spacial score (nSPS) is 17.5. The van der Waals surface area contributed by atoms with E-state index in [1.165, 1.54) is 11.8 Å². The Labute approximate surface area is 144 Å². The van der Waals surface area contributed by atoms with Crippen molar-refractivity contribution in [1.29, 1.82) is 0 Å². The van der Waals surface area contributed by atoms with Crippen molar-refractivity contribution in [3.8, 4) is 11.1 Å². The summed E-state index contributed by atoms with van der Waals surface area (Å²) in [7, 11) is 0. The minimum Gasteiger partial charge on any atom is -0.478 e. The monoisotopic (exact) mass is 340 g/mol. The van der Waals surface area contributed by atoms with E-state index in [0.717, 1.165) is 36.2 Å². The first-order valence-corrected chi connectivity index (χ1v) is 8.36. The number of rotatable bonds is 3. The Bertz CT molecular complexity index is 909. The molecule has 3 aromatic rings. The molecule has 24 heavy (non-hydrogen) atoms. The fourth-order valence-electron chi connectivity index (χ4n) is 3.42. The van der Waals surface area contributed by atoms with Crippen LogP contribution in [0.2, 0.25) is 5.02 Å². The number of benzene rings is 2. The Hall–Kier alpha value is -2.30. The first kappa shape index (κ1) is 15.2. The number of aromatic nitrogens is 1. The van der Waals surface area contributed by atoms with E-state index >= 15 is 0 Å². The summed E-state index contributed by atoms with van der Waals surface area (Å²) in [6.45, 7) is 2.09. The van der Waals surface area contributed by atoms with Crippen molar-refractivity contribution in [3.05, 3.63) is 58.7 Å². The van der Waals surface area contributed by atoms with Crippen molar-refractivity contribution in [1.82, 2.24) is 10.3 Å². The van der Waals surface area contributed by atoms with Crippen LogP contribution in [0.4, 0.5) is 0 Å². The van der Waals surface area contributed by atoms with Crippen LogP contribution >= 0.6 is 11.6 Å². The largest absolute Gasteiger partial charge is 0.478 e. The zero-order valence-electron chi connectivity index (χ0n) is 13.0. The third kappa shape index (κ3) is 2.58. The first-order chi connectivity index (χ1) is 11.6. The SMILES string of the molecule is O=C(O)c1c[nH]c2cc(Cl)c(-c3ccc(C4CCNC4)cc3)cc12. The molecule has 0 aliphatic carbocycles. The predicted molar refractivity (Wildman–Crippen MR) is 95.9 cm³/mol. The second-order valence-electron chi connectivity index (χ2n) is 6.20. The summed E-state index contributed by atoms with van der Waals surface area (Å²) < 4.78 is 0. The molecule has 0 amide bonds. The van der Waals surface area contributed by atoms with Gasteiger partial charge in [0, 0.05) is 29.2 Å². The van der Waals surface area contributed by atoms with Gasteiger partial charge in [0.2, 0.25) is 0 Å². The summed E-state index contributed by atoms with van der Waals surface area (Å²) in [6.07, 6.45) is 2.67. The minimum absolute atomic E-state index is 0.261. The van der Waals surface area contributed by atoms with Gasteiger partial charge in [-0.3, -0.25) is 0 Å². The standard InChI is InChI=1S/C19H17ClN2O2/c20-17-8-18-15(16(10-22-18)19(23)24)7-14(17)12-3-1-11(2-4-12)13-5-6-21-9-13/h1-4,7-8,10,13,21-22H,5-6,9H2,(H,23,24). The lowest BCUT2D eigenvalue weighted by Gasteiger charge is -2.11. The summed E-state index contributed by atoms with van der Waals surface area (Å²) in [5, 5.41) is 14.0. The van der Waals surface area contributed by atoms with E-state index in [0.29, 0.717) is 16.3 Å². The van der Waals surface area contributed by atoms with Gasteiger partial charge in [-0.2, -0.15) is 0 Å². The van der Waals surface area contributed by atoms with Crippen molar-refractivity contribution < 1.29 is 9.90 Å². The van der Waals surface area contributed by atoms with E-state index < -0.39 is 5.97 Å². The number of aromatic carboxylic acids is 1. The van der Waals surface area contributed by atoms with Crippen LogP contribution in [0.1, 0.15) is 28.3 Å². The molecule has 0 saturated carbocycles. The highest BCUT2D eigenvalue weighted by atomic mass is 35.5. The maximum absolute atomic E-state index is 11.3. The number of aromatic amines is 1. The summed E-state index contributed by atoms with van der Waals surface area (Å²) in [5.74, 6) is -0.376. The molecule has 2 aromatic carbocycles. The van der Waals surface area contributed by atoms with Crippen LogP contribution in [0.15, 0.2) is 42.6 Å². The van der Waals surface area contributed by atoms with Gasteiger partial charge in [0.1, 0.15) is 0 Å². The average Bonchev–Trinajstić information content (AvgIpc) is 3.23. The molecular weight excluding hydrogens is 324 g/mol. The lowest BCUT2D eigenvalue weighted by molar-refractivity contribution is 0.0699. The summed E-state index contributed by atoms with van der Waals surface area (Å²) in [5.41, 5.74) is 4.16. The Morgan fingerprint density at radius 1 is 1.21 bits per heavy atom. The van der Waals surface area contributed by atoms with Crippen molar-refractivity contribution >= 4 is 28.5 Å². The molecule has 122 valence electrons. The third-order valence-electron chi connectivity index (χ3n) is 4.75. The Morgan fingerprint density at radius 2 is 2.00 bits per heavy atom. The lowest BCUT2D eigenvalue weighted by Crippen LogP contribution is -2.07. The van der Waals surface area contributed by atoms with Gasteiger partial charge >= 0.3 is 5.97 Å². The van der Waals surface area contributed by atoms with Crippen LogP contribution in [-0.2, 0) is 0 Å². The number of carbonyl (C=O) groups is 1. The Balaban J connectivity index is 1.76. The number of hydrogen-bond donors (Lipinski definition) is 3. The molecule has 1 unspecified atom stereocenters. The topological polar surface area (TPSA) is 65.1 Å². The van der Waals surface area contributed by atoms with Crippen LogP contribution in [0.3, 0.4) is 0 Å². The number of hydrogen-bond acceptors (Lipinski definition) is 2. The number of nitrogens with one attached hydrogen (secondary N) is 2. The molecule has 1 saturated heterocycles. The molecule has 1 aromatic heterocycles. The van der Waals surface area contributed by atoms with Crippen LogP contribution < -0.4 is 5.32 Å². The van der Waals surface area contributed by atoms with Crippen LogP contribution in [0.5, 0.6) is 0 Å². The van der Waals surface area contributed by atoms with E-state index in [-0.39, 0.29) is 5.56 Å². The zero-order valence-corrected chi connectivity index (χ0v) is 13.7. The fraction of sp³-hybridized carbons (Fsp3) is 0.211. The van der Waals surface area contributed by atoms with E-state index in [4.69, 9.17) is 11.6 Å². The van der Waals surface area contributed by atoms with Crippen molar-refractivity contribution in [3.63, 3.8) is 0 Å². The van der Waals surface area contributed by atoms with Crippen LogP contribution in [0.25, 0.3) is 22.0 Å². The van der Waals surface area contributed by atoms with Crippen molar-refractivity contribution in [2.75, 3.05) is 13.1 Å². The average molecular weight is 341 g/mol. The summed E-state index contributed by atoms with van der Waals surface area (Å²) >= 11 is 6.42. The molecule has 3 N–H and O–H groups in total. The molecule has 1 fully saturated rings. The number of halogens is 1. The van der Waals surface area contributed by atoms with Gasteiger partial charge in [0.25, 0.3) is 0 Å². The minimum atomic E-state index is -0.946. The van der Waals surface area contributed by atoms with Gasteiger partial charge in [-0.05, 0) is 42.1 Å². The maximum atomic E-state index is 11.3. The number of fused-ring (bicyclic) bond motifs is 1. The molecule has 4 rings (SSSR count). The van der Waals surface area contributed by atoms with Gasteiger partial charge in [0.15, 0.2) is 0 Å². The Kier molecular flexibility index (Phi) is 3.79. The molecular formula is C19H17ClN2O2. The fourth-order valence-corrected chi connectivity index (χ4v) is 3.69. The number of H-pyrrole nitrogens is 1. The molecule has 1 aliphatic rings. The van der Waals surface area contributed by atoms with E-state index in [1.807, 2.05) is 6.07 Å². The van der Waals surface area contributed by atoms with E-state index in [1.54, 1.807) is 6.07 Å². The van der Waals surface area contributed by atoms with Gasteiger partial charge < -0.3 is 15.4 Å². The van der Waals surface area contributed by atoms with Gasteiger partial charge in [-0.25, -0.2) is 4.79 Å². The second-order valence-corrected chi connectivity index (χ2v) is 6.60. The van der Waals surface area contributed by atoms with E-state index in [9.17, 15) is 9.90 Å². The quantitative estimate of drug-likeness (QED) is 0.667. The Morgan fingerprint density at radius 3 is 2.67 bits per heavy atom. The van der Waals surface area contributed by atoms with Gasteiger partial charge in [-0.15, -0.1) is 0 Å². The summed E-state index contributed by atoms with van der Waals surface area (Å²) in [6, 6.07) is 12.0. The van der Waals surface area contributed by atoms with Crippen LogP contribution in [0, 0.1) is 0 Å². The summed E-state index contributed by atoms with van der Waals surface area (Å²) in [4.78, 5) is 14.3. The molecule has 2 heterocycles. The molecule has 0 radical (unpaired) electrons. The van der Waals surface area contributed by atoms with Crippen molar-refractivity contribution in [2.24, 2.45) is 0 Å². The number of carboxylic acids is 1. The zero-order chi connectivity index (χ0) is 16.7. The van der Waals surface area contributed by atoms with E-state index in [2.05, 4.69) is 34.6 Å². The first-order valence-electron chi connectivity index (χ1n) is 7.98. The third-order valence-corrected chi connectivity index (χ3v) is 5.07. The molecule has 0 spiro atoms. The van der Waals surface area contributed by atoms with Crippen LogP contribution in [-0.4, -0.2) is 29.1 Å². The lowest BCUT2D eigenvalue weighted by atomic mass is 9.95. The highest BCUT2D eigenvalue weighted by Crippen LogP contribution is 2.34. The maximum Gasteiger partial charge on any atom is 0.337 e. The highest BCUT2D eigenvalue weighted by molar-refractivity contribution is 6.34. The second kappa shape index (κ2) is 5.96. The molecule has 1 atom stereocenters. The predicted octanol–water partition coefficient (Wildman–Crippen LogP) is 4.26. The van der Waals surface area contributed by atoms with Crippen molar-refractivity contribution in [2.45, 2.75) is 12.3 Å². The smallest absolute Gasteiger partial charge is 0.337 e.